The Hall–Kier alpha value is -1.14. The average molecular weight is 276 g/mol. The van der Waals surface area contributed by atoms with Crippen molar-refractivity contribution in [2.75, 3.05) is 26.4 Å². The SMILES string of the molecule is CCOC(=O)CC(C(=O)OCC)C(OCC)OCC. The topological polar surface area (TPSA) is 71.1 Å². The summed E-state index contributed by atoms with van der Waals surface area (Å²) in [6.45, 7) is 8.25. The van der Waals surface area contributed by atoms with Crippen LogP contribution < -0.4 is 0 Å². The summed E-state index contributed by atoms with van der Waals surface area (Å²) in [6, 6.07) is 0. The van der Waals surface area contributed by atoms with E-state index in [0.717, 1.165) is 0 Å². The smallest absolute Gasteiger partial charge is 0.314 e. The number of ether oxygens (including phenoxy) is 4. The third kappa shape index (κ3) is 7.12. The fourth-order valence-electron chi connectivity index (χ4n) is 1.55. The van der Waals surface area contributed by atoms with E-state index in [2.05, 4.69) is 0 Å². The van der Waals surface area contributed by atoms with Gasteiger partial charge in [-0.3, -0.25) is 9.59 Å². The summed E-state index contributed by atoms with van der Waals surface area (Å²) in [5, 5.41) is 0. The van der Waals surface area contributed by atoms with Crippen LogP contribution in [0.25, 0.3) is 0 Å². The van der Waals surface area contributed by atoms with Crippen molar-refractivity contribution in [3.05, 3.63) is 0 Å². The van der Waals surface area contributed by atoms with Gasteiger partial charge in [0.15, 0.2) is 6.29 Å². The minimum atomic E-state index is -0.807. The Labute approximate surface area is 114 Å². The molecule has 19 heavy (non-hydrogen) atoms. The number of carbonyl (C=O) groups is 2. The first kappa shape index (κ1) is 17.9. The molecule has 0 aromatic carbocycles. The summed E-state index contributed by atoms with van der Waals surface area (Å²) in [4.78, 5) is 23.4. The van der Waals surface area contributed by atoms with E-state index in [4.69, 9.17) is 18.9 Å². The molecule has 6 nitrogen and oxygen atoms in total. The number of hydrogen-bond donors (Lipinski definition) is 0. The van der Waals surface area contributed by atoms with Gasteiger partial charge in [0.1, 0.15) is 5.92 Å². The van der Waals surface area contributed by atoms with Gasteiger partial charge in [0.2, 0.25) is 0 Å². The van der Waals surface area contributed by atoms with Gasteiger partial charge in [0.25, 0.3) is 0 Å². The van der Waals surface area contributed by atoms with Crippen molar-refractivity contribution in [3.8, 4) is 0 Å². The largest absolute Gasteiger partial charge is 0.466 e. The van der Waals surface area contributed by atoms with Gasteiger partial charge in [-0.1, -0.05) is 0 Å². The lowest BCUT2D eigenvalue weighted by Gasteiger charge is -2.24. The van der Waals surface area contributed by atoms with Crippen LogP contribution in [0.1, 0.15) is 34.1 Å². The predicted octanol–water partition coefficient (Wildman–Crippen LogP) is 1.52. The molecule has 1 unspecified atom stereocenters. The van der Waals surface area contributed by atoms with E-state index in [-0.39, 0.29) is 19.6 Å². The molecule has 0 aromatic heterocycles. The molecule has 0 aliphatic carbocycles. The Morgan fingerprint density at radius 2 is 1.37 bits per heavy atom. The number of esters is 2. The minimum Gasteiger partial charge on any atom is -0.466 e. The third-order valence-corrected chi connectivity index (χ3v) is 2.27. The van der Waals surface area contributed by atoms with Crippen LogP contribution in [0.5, 0.6) is 0 Å². The van der Waals surface area contributed by atoms with Crippen molar-refractivity contribution in [2.45, 2.75) is 40.4 Å². The van der Waals surface area contributed by atoms with Crippen LogP contribution in [0.3, 0.4) is 0 Å². The molecule has 0 aromatic rings. The van der Waals surface area contributed by atoms with Gasteiger partial charge in [-0.15, -0.1) is 0 Å². The predicted molar refractivity (Wildman–Crippen MR) is 68.4 cm³/mol. The molecule has 0 bridgehead atoms. The highest BCUT2D eigenvalue weighted by Gasteiger charge is 2.33. The Morgan fingerprint density at radius 1 is 0.842 bits per heavy atom. The second kappa shape index (κ2) is 10.8. The van der Waals surface area contributed by atoms with E-state index in [9.17, 15) is 9.59 Å². The molecule has 0 saturated heterocycles. The normalized spacial score (nSPS) is 12.3. The van der Waals surface area contributed by atoms with E-state index in [1.54, 1.807) is 27.7 Å². The molecule has 0 saturated carbocycles. The average Bonchev–Trinajstić information content (AvgIpc) is 2.36. The van der Waals surface area contributed by atoms with Crippen LogP contribution >= 0.6 is 0 Å². The van der Waals surface area contributed by atoms with E-state index >= 15 is 0 Å². The molecule has 0 N–H and O–H groups in total. The van der Waals surface area contributed by atoms with Crippen LogP contribution in [0.4, 0.5) is 0 Å². The Bertz CT molecular complexity index is 260. The van der Waals surface area contributed by atoms with Crippen LogP contribution in [-0.2, 0) is 28.5 Å². The van der Waals surface area contributed by atoms with E-state index < -0.39 is 24.1 Å². The lowest BCUT2D eigenvalue weighted by atomic mass is 10.1. The molecule has 0 rings (SSSR count). The van der Waals surface area contributed by atoms with Gasteiger partial charge >= 0.3 is 11.9 Å². The van der Waals surface area contributed by atoms with Gasteiger partial charge < -0.3 is 18.9 Å². The molecule has 0 radical (unpaired) electrons. The standard InChI is InChI=1S/C13H24O6/c1-5-16-11(14)9-10(12(15)17-6-2)13(18-7-3)19-8-4/h10,13H,5-9H2,1-4H3. The minimum absolute atomic E-state index is 0.114. The highest BCUT2D eigenvalue weighted by molar-refractivity contribution is 5.80. The zero-order valence-electron chi connectivity index (χ0n) is 12.1. The summed E-state index contributed by atoms with van der Waals surface area (Å²) in [5.74, 6) is -1.79. The van der Waals surface area contributed by atoms with Crippen molar-refractivity contribution in [2.24, 2.45) is 5.92 Å². The summed E-state index contributed by atoms with van der Waals surface area (Å²) in [5.41, 5.74) is 0. The molecule has 6 heteroatoms. The molecule has 0 aliphatic heterocycles. The molecule has 0 spiro atoms. The van der Waals surface area contributed by atoms with Crippen molar-refractivity contribution in [1.29, 1.82) is 0 Å². The Morgan fingerprint density at radius 3 is 1.79 bits per heavy atom. The number of rotatable bonds is 10. The molecule has 0 amide bonds. The molecule has 0 heterocycles. The van der Waals surface area contributed by atoms with Crippen LogP contribution in [0.2, 0.25) is 0 Å². The quantitative estimate of drug-likeness (QED) is 0.445. The maximum atomic E-state index is 11.9. The van der Waals surface area contributed by atoms with Crippen molar-refractivity contribution in [1.82, 2.24) is 0 Å². The first-order valence-electron chi connectivity index (χ1n) is 6.65. The molecular weight excluding hydrogens is 252 g/mol. The van der Waals surface area contributed by atoms with Crippen LogP contribution in [0.15, 0.2) is 0 Å². The third-order valence-electron chi connectivity index (χ3n) is 2.27. The zero-order valence-corrected chi connectivity index (χ0v) is 12.1. The second-order valence-corrected chi connectivity index (χ2v) is 3.65. The molecule has 0 fully saturated rings. The number of hydrogen-bond acceptors (Lipinski definition) is 6. The first-order valence-corrected chi connectivity index (χ1v) is 6.65. The summed E-state index contributed by atoms with van der Waals surface area (Å²) in [7, 11) is 0. The monoisotopic (exact) mass is 276 g/mol. The van der Waals surface area contributed by atoms with Gasteiger partial charge in [0.05, 0.1) is 19.6 Å². The highest BCUT2D eigenvalue weighted by atomic mass is 16.7. The molecule has 112 valence electrons. The van der Waals surface area contributed by atoms with Crippen molar-refractivity contribution in [3.63, 3.8) is 0 Å². The maximum Gasteiger partial charge on any atom is 0.314 e. The van der Waals surface area contributed by atoms with Crippen LogP contribution in [-0.4, -0.2) is 44.7 Å². The van der Waals surface area contributed by atoms with Gasteiger partial charge in [-0.25, -0.2) is 0 Å². The Kier molecular flexibility index (Phi) is 10.1. The fourth-order valence-corrected chi connectivity index (χ4v) is 1.55. The van der Waals surface area contributed by atoms with Gasteiger partial charge in [0, 0.05) is 13.2 Å². The van der Waals surface area contributed by atoms with Gasteiger partial charge in [-0.2, -0.15) is 0 Å². The highest BCUT2D eigenvalue weighted by Crippen LogP contribution is 2.17. The number of carbonyl (C=O) groups excluding carboxylic acids is 2. The summed E-state index contributed by atoms with van der Waals surface area (Å²) in [6.07, 6.45) is -0.907. The summed E-state index contributed by atoms with van der Waals surface area (Å²) < 4.78 is 20.5. The molecular formula is C13H24O6. The zero-order chi connectivity index (χ0) is 14.7. The lowest BCUT2D eigenvalue weighted by Crippen LogP contribution is -2.36. The van der Waals surface area contributed by atoms with Crippen molar-refractivity contribution < 1.29 is 28.5 Å². The molecule has 0 aliphatic rings. The fraction of sp³-hybridized carbons (Fsp3) is 0.846. The van der Waals surface area contributed by atoms with E-state index in [1.165, 1.54) is 0 Å². The summed E-state index contributed by atoms with van der Waals surface area (Å²) >= 11 is 0. The second-order valence-electron chi connectivity index (χ2n) is 3.65. The molecule has 1 atom stereocenters. The van der Waals surface area contributed by atoms with Crippen LogP contribution in [0, 0.1) is 5.92 Å². The van der Waals surface area contributed by atoms with E-state index in [0.29, 0.717) is 13.2 Å². The van der Waals surface area contributed by atoms with E-state index in [1.807, 2.05) is 0 Å². The first-order chi connectivity index (χ1) is 9.10. The maximum absolute atomic E-state index is 11.9. The van der Waals surface area contributed by atoms with Gasteiger partial charge in [-0.05, 0) is 27.7 Å². The Balaban J connectivity index is 4.78. The lowest BCUT2D eigenvalue weighted by molar-refractivity contribution is -0.193. The van der Waals surface area contributed by atoms with Crippen molar-refractivity contribution >= 4 is 11.9 Å².